The average Bonchev–Trinajstić information content (AvgIpc) is 3.39. The van der Waals surface area contributed by atoms with Crippen LogP contribution in [0.4, 0.5) is 0 Å². The Morgan fingerprint density at radius 2 is 2.12 bits per heavy atom. The van der Waals surface area contributed by atoms with Crippen molar-refractivity contribution in [1.82, 2.24) is 30.0 Å². The highest BCUT2D eigenvalue weighted by atomic mass is 35.5. The van der Waals surface area contributed by atoms with Crippen LogP contribution in [0.25, 0.3) is 5.82 Å². The SMILES string of the molecule is C[C@H](NC(=O)CSc1nnc(CN2CCCC2=O)n1-c1ccccn1)c1cccc(Cl)c1. The van der Waals surface area contributed by atoms with Crippen LogP contribution in [0.1, 0.15) is 37.2 Å². The number of hydrogen-bond donors (Lipinski definition) is 1. The van der Waals surface area contributed by atoms with Gasteiger partial charge in [0.15, 0.2) is 11.0 Å². The second-order valence-electron chi connectivity index (χ2n) is 7.47. The smallest absolute Gasteiger partial charge is 0.230 e. The van der Waals surface area contributed by atoms with Gasteiger partial charge in [-0.05, 0) is 43.2 Å². The van der Waals surface area contributed by atoms with Crippen molar-refractivity contribution in [3.8, 4) is 5.82 Å². The minimum absolute atomic E-state index is 0.115. The van der Waals surface area contributed by atoms with Crippen LogP contribution >= 0.6 is 23.4 Å². The number of carbonyl (C=O) groups is 2. The normalized spacial score (nSPS) is 14.6. The lowest BCUT2D eigenvalue weighted by Gasteiger charge is -2.16. The topological polar surface area (TPSA) is 93.0 Å². The number of benzene rings is 1. The van der Waals surface area contributed by atoms with Crippen LogP contribution in [0, 0.1) is 0 Å². The largest absolute Gasteiger partial charge is 0.349 e. The predicted octanol–water partition coefficient (Wildman–Crippen LogP) is 3.41. The van der Waals surface area contributed by atoms with Crippen LogP contribution in [0.2, 0.25) is 5.02 Å². The Morgan fingerprint density at radius 1 is 1.25 bits per heavy atom. The zero-order valence-electron chi connectivity index (χ0n) is 17.6. The monoisotopic (exact) mass is 470 g/mol. The first kappa shape index (κ1) is 22.3. The number of pyridine rings is 1. The molecule has 1 N–H and O–H groups in total. The number of hydrogen-bond acceptors (Lipinski definition) is 6. The number of nitrogens with one attached hydrogen (secondary N) is 1. The van der Waals surface area contributed by atoms with Gasteiger partial charge in [0, 0.05) is 24.2 Å². The summed E-state index contributed by atoms with van der Waals surface area (Å²) in [6, 6.07) is 12.8. The molecule has 1 aliphatic heterocycles. The molecule has 10 heteroatoms. The van der Waals surface area contributed by atoms with Crippen LogP contribution < -0.4 is 5.32 Å². The van der Waals surface area contributed by atoms with E-state index < -0.39 is 0 Å². The molecule has 4 rings (SSSR count). The predicted molar refractivity (Wildman–Crippen MR) is 123 cm³/mol. The summed E-state index contributed by atoms with van der Waals surface area (Å²) in [5.74, 6) is 1.42. The van der Waals surface area contributed by atoms with Crippen LogP contribution in [0.5, 0.6) is 0 Å². The summed E-state index contributed by atoms with van der Waals surface area (Å²) in [7, 11) is 0. The molecular weight excluding hydrogens is 448 g/mol. The van der Waals surface area contributed by atoms with Crippen molar-refractivity contribution in [2.24, 2.45) is 0 Å². The van der Waals surface area contributed by atoms with Gasteiger partial charge in [0.25, 0.3) is 0 Å². The molecule has 1 aromatic carbocycles. The highest BCUT2D eigenvalue weighted by Gasteiger charge is 2.24. The first-order valence-corrected chi connectivity index (χ1v) is 11.7. The molecule has 2 aromatic heterocycles. The Bertz CT molecular complexity index is 1110. The van der Waals surface area contributed by atoms with E-state index >= 15 is 0 Å². The molecule has 0 aliphatic carbocycles. The van der Waals surface area contributed by atoms with E-state index in [1.54, 1.807) is 17.2 Å². The van der Waals surface area contributed by atoms with Gasteiger partial charge in [0.05, 0.1) is 18.3 Å². The molecule has 2 amide bonds. The fourth-order valence-corrected chi connectivity index (χ4v) is 4.50. The van der Waals surface area contributed by atoms with Crippen LogP contribution in [0.15, 0.2) is 53.8 Å². The van der Waals surface area contributed by atoms with Gasteiger partial charge in [-0.3, -0.25) is 14.2 Å². The van der Waals surface area contributed by atoms with Crippen molar-refractivity contribution in [3.05, 3.63) is 65.1 Å². The zero-order chi connectivity index (χ0) is 22.5. The number of thioether (sulfide) groups is 1. The maximum Gasteiger partial charge on any atom is 0.230 e. The van der Waals surface area contributed by atoms with Crippen molar-refractivity contribution in [3.63, 3.8) is 0 Å². The van der Waals surface area contributed by atoms with E-state index in [-0.39, 0.29) is 23.6 Å². The molecule has 1 aliphatic rings. The second-order valence-corrected chi connectivity index (χ2v) is 8.85. The Morgan fingerprint density at radius 3 is 2.84 bits per heavy atom. The molecular formula is C22H23ClN6O2S. The molecule has 0 spiro atoms. The molecule has 0 radical (unpaired) electrons. The minimum atomic E-state index is -0.174. The van der Waals surface area contributed by atoms with Gasteiger partial charge in [0.2, 0.25) is 11.8 Å². The van der Waals surface area contributed by atoms with Gasteiger partial charge < -0.3 is 10.2 Å². The summed E-state index contributed by atoms with van der Waals surface area (Å²) in [6.45, 7) is 2.98. The molecule has 1 atom stereocenters. The van der Waals surface area contributed by atoms with Gasteiger partial charge in [-0.2, -0.15) is 0 Å². The van der Waals surface area contributed by atoms with Crippen LogP contribution in [-0.2, 0) is 16.1 Å². The number of carbonyl (C=O) groups excluding carboxylic acids is 2. The van der Waals surface area contributed by atoms with E-state index in [1.165, 1.54) is 11.8 Å². The van der Waals surface area contributed by atoms with Crippen LogP contribution in [0.3, 0.4) is 0 Å². The highest BCUT2D eigenvalue weighted by Crippen LogP contribution is 2.23. The van der Waals surface area contributed by atoms with Gasteiger partial charge >= 0.3 is 0 Å². The summed E-state index contributed by atoms with van der Waals surface area (Å²) >= 11 is 7.33. The van der Waals surface area contributed by atoms with E-state index in [0.29, 0.717) is 41.3 Å². The van der Waals surface area contributed by atoms with Crippen LogP contribution in [-0.4, -0.2) is 48.8 Å². The highest BCUT2D eigenvalue weighted by molar-refractivity contribution is 7.99. The summed E-state index contributed by atoms with van der Waals surface area (Å²) < 4.78 is 1.81. The number of rotatable bonds is 8. The van der Waals surface area contributed by atoms with Gasteiger partial charge in [-0.15, -0.1) is 10.2 Å². The van der Waals surface area contributed by atoms with E-state index in [4.69, 9.17) is 11.6 Å². The van der Waals surface area contributed by atoms with Crippen molar-refractivity contribution in [2.75, 3.05) is 12.3 Å². The summed E-state index contributed by atoms with van der Waals surface area (Å²) in [5.41, 5.74) is 0.935. The van der Waals surface area contributed by atoms with Gasteiger partial charge in [-0.25, -0.2) is 4.98 Å². The van der Waals surface area contributed by atoms with Gasteiger partial charge in [-0.1, -0.05) is 41.6 Å². The molecule has 32 heavy (non-hydrogen) atoms. The number of nitrogens with zero attached hydrogens (tertiary/aromatic N) is 5. The van der Waals surface area contributed by atoms with Crippen molar-refractivity contribution in [1.29, 1.82) is 0 Å². The Balaban J connectivity index is 1.47. The third-order valence-electron chi connectivity index (χ3n) is 5.14. The van der Waals surface area contributed by atoms with E-state index in [1.807, 2.05) is 47.9 Å². The molecule has 3 aromatic rings. The lowest BCUT2D eigenvalue weighted by atomic mass is 10.1. The Kier molecular flexibility index (Phi) is 7.06. The lowest BCUT2D eigenvalue weighted by molar-refractivity contribution is -0.128. The molecule has 1 fully saturated rings. The molecule has 166 valence electrons. The van der Waals surface area contributed by atoms with E-state index in [9.17, 15) is 9.59 Å². The minimum Gasteiger partial charge on any atom is -0.349 e. The second kappa shape index (κ2) is 10.1. The number of likely N-dealkylation sites (tertiary alicyclic amines) is 1. The fourth-order valence-electron chi connectivity index (χ4n) is 3.53. The third kappa shape index (κ3) is 5.28. The molecule has 8 nitrogen and oxygen atoms in total. The maximum absolute atomic E-state index is 12.6. The maximum atomic E-state index is 12.6. The fraction of sp³-hybridized carbons (Fsp3) is 0.318. The van der Waals surface area contributed by atoms with E-state index in [0.717, 1.165) is 12.0 Å². The first-order chi connectivity index (χ1) is 15.5. The molecule has 0 unspecified atom stereocenters. The van der Waals surface area contributed by atoms with Crippen molar-refractivity contribution >= 4 is 35.2 Å². The molecule has 3 heterocycles. The molecule has 0 saturated carbocycles. The quantitative estimate of drug-likeness (QED) is 0.507. The van der Waals surface area contributed by atoms with Crippen molar-refractivity contribution < 1.29 is 9.59 Å². The number of aromatic nitrogens is 4. The summed E-state index contributed by atoms with van der Waals surface area (Å²) in [4.78, 5) is 30.8. The molecule has 0 bridgehead atoms. The Labute approximate surface area is 195 Å². The van der Waals surface area contributed by atoms with Gasteiger partial charge in [0.1, 0.15) is 5.82 Å². The van der Waals surface area contributed by atoms with E-state index in [2.05, 4.69) is 20.5 Å². The van der Waals surface area contributed by atoms with Crippen molar-refractivity contribution in [2.45, 2.75) is 37.5 Å². The standard InChI is InChI=1S/C22H23ClN6O2S/c1-15(16-6-4-7-17(23)12-16)25-20(30)14-32-22-27-26-19(13-28-11-5-9-21(28)31)29(22)18-8-2-3-10-24-18/h2-4,6-8,10,12,15H,5,9,11,13-14H2,1H3,(H,25,30)/t15-/m0/s1. The Hall–Kier alpha value is -2.91. The summed E-state index contributed by atoms with van der Waals surface area (Å²) in [5, 5.41) is 12.7. The summed E-state index contributed by atoms with van der Waals surface area (Å²) in [6.07, 6.45) is 3.10. The zero-order valence-corrected chi connectivity index (χ0v) is 19.1. The number of amides is 2. The lowest BCUT2D eigenvalue weighted by Crippen LogP contribution is -2.28. The third-order valence-corrected chi connectivity index (χ3v) is 6.30. The average molecular weight is 471 g/mol. The molecule has 1 saturated heterocycles. The number of halogens is 1. The first-order valence-electron chi connectivity index (χ1n) is 10.3.